The number of fused-ring (bicyclic) bond motifs is 2. The molecule has 5 heteroatoms. The molecule has 0 saturated carbocycles. The first-order valence-electron chi connectivity index (χ1n) is 10.0. The molecule has 2 aromatic carbocycles. The number of anilines is 2. The van der Waals surface area contributed by atoms with Crippen LogP contribution in [-0.4, -0.2) is 36.5 Å². The SMILES string of the molecule is CC(C)c1cccc(NC(=O)c2ccc3c(c2)N(C)[C@@H]2CCCCN2C3=O)c1. The van der Waals surface area contributed by atoms with Crippen molar-refractivity contribution in [2.45, 2.75) is 45.2 Å². The average molecular weight is 377 g/mol. The van der Waals surface area contributed by atoms with E-state index in [2.05, 4.69) is 30.1 Å². The van der Waals surface area contributed by atoms with Crippen LogP contribution >= 0.6 is 0 Å². The number of piperidine rings is 1. The molecule has 2 aliphatic rings. The third-order valence-electron chi connectivity index (χ3n) is 5.86. The first-order chi connectivity index (χ1) is 13.5. The summed E-state index contributed by atoms with van der Waals surface area (Å²) in [6, 6.07) is 13.3. The quantitative estimate of drug-likeness (QED) is 0.859. The molecule has 4 rings (SSSR count). The van der Waals surface area contributed by atoms with Gasteiger partial charge >= 0.3 is 0 Å². The van der Waals surface area contributed by atoms with E-state index in [0.717, 1.165) is 37.2 Å². The van der Waals surface area contributed by atoms with Gasteiger partial charge in [-0.1, -0.05) is 26.0 Å². The van der Waals surface area contributed by atoms with E-state index in [1.807, 2.05) is 36.2 Å². The van der Waals surface area contributed by atoms with Crippen molar-refractivity contribution in [3.8, 4) is 0 Å². The van der Waals surface area contributed by atoms with E-state index in [1.165, 1.54) is 5.56 Å². The van der Waals surface area contributed by atoms with Crippen LogP contribution in [0.5, 0.6) is 0 Å². The summed E-state index contributed by atoms with van der Waals surface area (Å²) >= 11 is 0. The number of hydrogen-bond acceptors (Lipinski definition) is 3. The number of hydrogen-bond donors (Lipinski definition) is 1. The Bertz CT molecular complexity index is 922. The Morgan fingerprint density at radius 1 is 1.14 bits per heavy atom. The summed E-state index contributed by atoms with van der Waals surface area (Å²) in [5.41, 5.74) is 4.07. The Hall–Kier alpha value is -2.82. The topological polar surface area (TPSA) is 52.7 Å². The molecular weight excluding hydrogens is 350 g/mol. The molecule has 0 aliphatic carbocycles. The van der Waals surface area contributed by atoms with Crippen molar-refractivity contribution in [2.75, 3.05) is 23.8 Å². The van der Waals surface area contributed by atoms with Gasteiger partial charge < -0.3 is 15.1 Å². The van der Waals surface area contributed by atoms with E-state index in [0.29, 0.717) is 17.0 Å². The number of carbonyl (C=O) groups is 2. The fourth-order valence-electron chi connectivity index (χ4n) is 4.19. The number of nitrogens with one attached hydrogen (secondary N) is 1. The Morgan fingerprint density at radius 2 is 1.96 bits per heavy atom. The van der Waals surface area contributed by atoms with Crippen molar-refractivity contribution in [1.29, 1.82) is 0 Å². The third kappa shape index (κ3) is 3.26. The lowest BCUT2D eigenvalue weighted by Crippen LogP contribution is -2.55. The predicted molar refractivity (Wildman–Crippen MR) is 112 cm³/mol. The van der Waals surface area contributed by atoms with E-state index >= 15 is 0 Å². The van der Waals surface area contributed by atoms with Gasteiger partial charge in [-0.25, -0.2) is 0 Å². The molecule has 1 fully saturated rings. The molecule has 0 radical (unpaired) electrons. The number of rotatable bonds is 3. The molecule has 0 bridgehead atoms. The lowest BCUT2D eigenvalue weighted by Gasteiger charge is -2.46. The fraction of sp³-hybridized carbons (Fsp3) is 0.391. The summed E-state index contributed by atoms with van der Waals surface area (Å²) in [7, 11) is 2.02. The van der Waals surface area contributed by atoms with Gasteiger partial charge in [-0.15, -0.1) is 0 Å². The molecule has 1 N–H and O–H groups in total. The van der Waals surface area contributed by atoms with Crippen LogP contribution < -0.4 is 10.2 Å². The van der Waals surface area contributed by atoms with Crippen molar-refractivity contribution in [1.82, 2.24) is 4.90 Å². The van der Waals surface area contributed by atoms with Crippen LogP contribution in [-0.2, 0) is 0 Å². The normalized spacial score (nSPS) is 18.7. The Kier molecular flexibility index (Phi) is 4.84. The second kappa shape index (κ2) is 7.30. The molecular formula is C23H27N3O2. The molecule has 2 heterocycles. The number of amides is 2. The summed E-state index contributed by atoms with van der Waals surface area (Å²) < 4.78 is 0. The van der Waals surface area contributed by atoms with Gasteiger partial charge in [-0.3, -0.25) is 9.59 Å². The van der Waals surface area contributed by atoms with Gasteiger partial charge in [0.2, 0.25) is 0 Å². The van der Waals surface area contributed by atoms with Crippen LogP contribution in [0.25, 0.3) is 0 Å². The van der Waals surface area contributed by atoms with Gasteiger partial charge in [-0.2, -0.15) is 0 Å². The Morgan fingerprint density at radius 3 is 2.75 bits per heavy atom. The molecule has 0 aromatic heterocycles. The van der Waals surface area contributed by atoms with Crippen LogP contribution in [0.2, 0.25) is 0 Å². The van der Waals surface area contributed by atoms with Crippen molar-refractivity contribution in [3.05, 3.63) is 59.2 Å². The van der Waals surface area contributed by atoms with Crippen molar-refractivity contribution in [2.24, 2.45) is 0 Å². The third-order valence-corrected chi connectivity index (χ3v) is 5.86. The minimum absolute atomic E-state index is 0.0781. The van der Waals surface area contributed by atoms with Crippen LogP contribution in [0.3, 0.4) is 0 Å². The monoisotopic (exact) mass is 377 g/mol. The molecule has 28 heavy (non-hydrogen) atoms. The molecule has 0 spiro atoms. The number of benzene rings is 2. The molecule has 1 saturated heterocycles. The second-order valence-corrected chi connectivity index (χ2v) is 8.05. The summed E-state index contributed by atoms with van der Waals surface area (Å²) in [5.74, 6) is 0.323. The zero-order valence-electron chi connectivity index (χ0n) is 16.7. The maximum absolute atomic E-state index is 12.9. The maximum Gasteiger partial charge on any atom is 0.257 e. The van der Waals surface area contributed by atoms with E-state index in [-0.39, 0.29) is 18.0 Å². The van der Waals surface area contributed by atoms with Gasteiger partial charge in [0.25, 0.3) is 11.8 Å². The molecule has 0 unspecified atom stereocenters. The average Bonchev–Trinajstić information content (AvgIpc) is 2.71. The molecule has 5 nitrogen and oxygen atoms in total. The van der Waals surface area contributed by atoms with Gasteiger partial charge in [0, 0.05) is 24.8 Å². The molecule has 146 valence electrons. The molecule has 2 amide bonds. The van der Waals surface area contributed by atoms with E-state index in [4.69, 9.17) is 0 Å². The fourth-order valence-corrected chi connectivity index (χ4v) is 4.19. The Labute approximate surface area is 166 Å². The van der Waals surface area contributed by atoms with E-state index in [9.17, 15) is 9.59 Å². The zero-order valence-corrected chi connectivity index (χ0v) is 16.7. The van der Waals surface area contributed by atoms with E-state index < -0.39 is 0 Å². The van der Waals surface area contributed by atoms with Crippen molar-refractivity contribution in [3.63, 3.8) is 0 Å². The number of nitrogens with zero attached hydrogens (tertiary/aromatic N) is 2. The summed E-state index contributed by atoms with van der Waals surface area (Å²) in [6.45, 7) is 5.07. The van der Waals surface area contributed by atoms with Crippen molar-refractivity contribution >= 4 is 23.2 Å². The lowest BCUT2D eigenvalue weighted by atomic mass is 9.97. The second-order valence-electron chi connectivity index (χ2n) is 8.05. The van der Waals surface area contributed by atoms with Gasteiger partial charge in [-0.05, 0) is 61.1 Å². The Balaban J connectivity index is 1.60. The van der Waals surface area contributed by atoms with Crippen LogP contribution in [0.4, 0.5) is 11.4 Å². The van der Waals surface area contributed by atoms with Gasteiger partial charge in [0.15, 0.2) is 0 Å². The summed E-state index contributed by atoms with van der Waals surface area (Å²) in [6.07, 6.45) is 3.25. The highest BCUT2D eigenvalue weighted by Gasteiger charge is 2.37. The highest BCUT2D eigenvalue weighted by molar-refractivity contribution is 6.08. The molecule has 1 atom stereocenters. The summed E-state index contributed by atoms with van der Waals surface area (Å²) in [4.78, 5) is 29.8. The predicted octanol–water partition coefficient (Wildman–Crippen LogP) is 4.46. The lowest BCUT2D eigenvalue weighted by molar-refractivity contribution is 0.0589. The van der Waals surface area contributed by atoms with E-state index in [1.54, 1.807) is 12.1 Å². The first kappa shape index (κ1) is 18.5. The summed E-state index contributed by atoms with van der Waals surface area (Å²) in [5, 5.41) is 2.99. The largest absolute Gasteiger partial charge is 0.354 e. The first-order valence-corrected chi connectivity index (χ1v) is 10.0. The van der Waals surface area contributed by atoms with Crippen LogP contribution in [0, 0.1) is 0 Å². The highest BCUT2D eigenvalue weighted by atomic mass is 16.2. The number of carbonyl (C=O) groups excluding carboxylic acids is 2. The van der Waals surface area contributed by atoms with Crippen LogP contribution in [0.1, 0.15) is 65.3 Å². The molecule has 2 aromatic rings. The minimum Gasteiger partial charge on any atom is -0.354 e. The molecule has 2 aliphatic heterocycles. The van der Waals surface area contributed by atoms with Crippen molar-refractivity contribution < 1.29 is 9.59 Å². The zero-order chi connectivity index (χ0) is 19.8. The minimum atomic E-state index is -0.157. The van der Waals surface area contributed by atoms with Gasteiger partial charge in [0.05, 0.1) is 11.3 Å². The maximum atomic E-state index is 12.9. The smallest absolute Gasteiger partial charge is 0.257 e. The van der Waals surface area contributed by atoms with Gasteiger partial charge in [0.1, 0.15) is 6.17 Å². The van der Waals surface area contributed by atoms with Crippen LogP contribution in [0.15, 0.2) is 42.5 Å². The standard InChI is InChI=1S/C23H27N3O2/c1-15(2)16-7-6-8-18(13-16)24-22(27)17-10-11-19-20(14-17)25(3)21-9-4-5-12-26(21)23(19)28/h6-8,10-11,13-15,21H,4-5,9,12H2,1-3H3,(H,24,27)/t21-/m0/s1. The highest BCUT2D eigenvalue weighted by Crippen LogP contribution is 2.35.